The van der Waals surface area contributed by atoms with Crippen LogP contribution in [0.1, 0.15) is 19.8 Å². The van der Waals surface area contributed by atoms with Crippen LogP contribution >= 0.6 is 11.6 Å². The van der Waals surface area contributed by atoms with Crippen LogP contribution in [0.25, 0.3) is 5.69 Å². The van der Waals surface area contributed by atoms with E-state index in [9.17, 15) is 9.18 Å². The van der Waals surface area contributed by atoms with Gasteiger partial charge in [-0.2, -0.15) is 5.10 Å². The Hall–Kier alpha value is -1.95. The molecule has 2 heterocycles. The molecule has 2 aromatic heterocycles. The minimum absolute atomic E-state index is 0.0660. The van der Waals surface area contributed by atoms with Gasteiger partial charge in [-0.3, -0.25) is 9.78 Å². The van der Waals surface area contributed by atoms with Gasteiger partial charge in [-0.1, -0.05) is 11.6 Å². The first-order valence-electron chi connectivity index (χ1n) is 6.77. The van der Waals surface area contributed by atoms with Crippen molar-refractivity contribution in [1.82, 2.24) is 14.8 Å². The van der Waals surface area contributed by atoms with E-state index in [2.05, 4.69) is 10.1 Å². The van der Waals surface area contributed by atoms with Gasteiger partial charge in [-0.25, -0.2) is 9.07 Å². The summed E-state index contributed by atoms with van der Waals surface area (Å²) < 4.78 is 14.7. The third-order valence-electron chi connectivity index (χ3n) is 3.41. The normalized spacial score (nSPS) is 14.2. The summed E-state index contributed by atoms with van der Waals surface area (Å²) in [5, 5.41) is 4.35. The van der Waals surface area contributed by atoms with Crippen molar-refractivity contribution in [1.29, 1.82) is 0 Å². The second kappa shape index (κ2) is 5.44. The number of nitrogens with zero attached hydrogens (tertiary/aromatic N) is 4. The number of pyridine rings is 1. The number of halogens is 2. The quantitative estimate of drug-likeness (QED) is 0.872. The Kier molecular flexibility index (Phi) is 3.63. The van der Waals surface area contributed by atoms with Crippen molar-refractivity contribution in [3.05, 3.63) is 35.6 Å². The smallest absolute Gasteiger partial charge is 0.230 e. The van der Waals surface area contributed by atoms with Gasteiger partial charge in [0, 0.05) is 18.5 Å². The van der Waals surface area contributed by atoms with Gasteiger partial charge in [-0.05, 0) is 19.8 Å². The zero-order chi connectivity index (χ0) is 15.0. The molecule has 0 N–H and O–H groups in total. The van der Waals surface area contributed by atoms with Gasteiger partial charge in [0.15, 0.2) is 5.15 Å². The molecule has 3 rings (SSSR count). The summed E-state index contributed by atoms with van der Waals surface area (Å²) in [7, 11) is 0. The van der Waals surface area contributed by atoms with E-state index in [4.69, 9.17) is 11.6 Å². The van der Waals surface area contributed by atoms with Crippen LogP contribution in [0.4, 0.5) is 10.1 Å². The van der Waals surface area contributed by atoms with Crippen molar-refractivity contribution in [3.63, 3.8) is 0 Å². The molecule has 21 heavy (non-hydrogen) atoms. The molecule has 1 aliphatic carbocycles. The number of hydrogen-bond acceptors (Lipinski definition) is 3. The molecule has 5 nitrogen and oxygen atoms in total. The van der Waals surface area contributed by atoms with Crippen molar-refractivity contribution >= 4 is 23.2 Å². The van der Waals surface area contributed by atoms with Gasteiger partial charge in [-0.15, -0.1) is 0 Å². The highest BCUT2D eigenvalue weighted by molar-refractivity contribution is 6.32. The fourth-order valence-corrected chi connectivity index (χ4v) is 2.41. The molecular weight excluding hydrogens is 295 g/mol. The van der Waals surface area contributed by atoms with Crippen molar-refractivity contribution in [2.75, 3.05) is 11.4 Å². The fourth-order valence-electron chi connectivity index (χ4n) is 2.18. The second-order valence-corrected chi connectivity index (χ2v) is 5.33. The molecule has 0 saturated heterocycles. The van der Waals surface area contributed by atoms with Crippen LogP contribution in [0.3, 0.4) is 0 Å². The lowest BCUT2D eigenvalue weighted by atomic mass is 10.3. The van der Waals surface area contributed by atoms with Gasteiger partial charge in [0.2, 0.25) is 5.91 Å². The van der Waals surface area contributed by atoms with Crippen LogP contribution in [-0.2, 0) is 4.79 Å². The Morgan fingerprint density at radius 3 is 2.90 bits per heavy atom. The van der Waals surface area contributed by atoms with Crippen molar-refractivity contribution in [2.45, 2.75) is 19.8 Å². The van der Waals surface area contributed by atoms with Crippen LogP contribution in [0, 0.1) is 11.7 Å². The summed E-state index contributed by atoms with van der Waals surface area (Å²) in [4.78, 5) is 17.6. The zero-order valence-electron chi connectivity index (χ0n) is 11.5. The third-order valence-corrected chi connectivity index (χ3v) is 3.68. The van der Waals surface area contributed by atoms with E-state index in [0.29, 0.717) is 17.9 Å². The van der Waals surface area contributed by atoms with Gasteiger partial charge in [0.1, 0.15) is 11.5 Å². The van der Waals surface area contributed by atoms with Crippen LogP contribution in [0.5, 0.6) is 0 Å². The van der Waals surface area contributed by atoms with Crippen molar-refractivity contribution in [3.8, 4) is 5.69 Å². The second-order valence-electron chi connectivity index (χ2n) is 4.97. The Balaban J connectivity index is 1.95. The van der Waals surface area contributed by atoms with Crippen molar-refractivity contribution in [2.24, 2.45) is 5.92 Å². The van der Waals surface area contributed by atoms with E-state index in [1.807, 2.05) is 6.92 Å². The van der Waals surface area contributed by atoms with E-state index in [-0.39, 0.29) is 17.0 Å². The molecule has 0 bridgehead atoms. The number of aromatic nitrogens is 3. The van der Waals surface area contributed by atoms with E-state index >= 15 is 0 Å². The molecule has 2 aromatic rings. The molecule has 1 saturated carbocycles. The first-order chi connectivity index (χ1) is 10.1. The molecule has 1 fully saturated rings. The summed E-state index contributed by atoms with van der Waals surface area (Å²) in [6.07, 6.45) is 6.08. The monoisotopic (exact) mass is 308 g/mol. The summed E-state index contributed by atoms with van der Waals surface area (Å²) in [6.45, 7) is 2.40. The van der Waals surface area contributed by atoms with Crippen molar-refractivity contribution < 1.29 is 9.18 Å². The molecule has 0 aromatic carbocycles. The van der Waals surface area contributed by atoms with E-state index in [1.165, 1.54) is 16.9 Å². The van der Waals surface area contributed by atoms with E-state index in [1.54, 1.807) is 11.1 Å². The maximum atomic E-state index is 13.2. The lowest BCUT2D eigenvalue weighted by Gasteiger charge is -2.19. The van der Waals surface area contributed by atoms with E-state index in [0.717, 1.165) is 19.0 Å². The topological polar surface area (TPSA) is 51.0 Å². The molecule has 0 unspecified atom stereocenters. The van der Waals surface area contributed by atoms with Gasteiger partial charge >= 0.3 is 0 Å². The first kappa shape index (κ1) is 14.0. The molecule has 110 valence electrons. The standard InChI is InChI=1S/C14H14ClFN4O/c1-2-19(14(21)9-3-4-9)12-8-20(18-13(12)15)11-5-10(16)6-17-7-11/h5-9H,2-4H2,1H3. The Labute approximate surface area is 126 Å². The molecule has 1 amide bonds. The molecule has 0 radical (unpaired) electrons. The third kappa shape index (κ3) is 2.76. The summed E-state index contributed by atoms with van der Waals surface area (Å²) in [5.41, 5.74) is 0.999. The number of carbonyl (C=O) groups excluding carboxylic acids is 1. The number of hydrogen-bond donors (Lipinski definition) is 0. The lowest BCUT2D eigenvalue weighted by Crippen LogP contribution is -2.31. The van der Waals surface area contributed by atoms with Crippen LogP contribution in [0.2, 0.25) is 5.15 Å². The highest BCUT2D eigenvalue weighted by Crippen LogP contribution is 2.34. The average molecular weight is 309 g/mol. The molecule has 0 spiro atoms. The minimum Gasteiger partial charge on any atom is -0.308 e. The van der Waals surface area contributed by atoms with E-state index < -0.39 is 5.82 Å². The fraction of sp³-hybridized carbons (Fsp3) is 0.357. The minimum atomic E-state index is -0.456. The molecule has 0 aliphatic heterocycles. The first-order valence-corrected chi connectivity index (χ1v) is 7.15. The Morgan fingerprint density at radius 2 is 2.29 bits per heavy atom. The maximum Gasteiger partial charge on any atom is 0.230 e. The lowest BCUT2D eigenvalue weighted by molar-refractivity contribution is -0.119. The molecular formula is C14H14ClFN4O. The van der Waals surface area contributed by atoms with Gasteiger partial charge in [0.05, 0.1) is 24.3 Å². The van der Waals surface area contributed by atoms with Gasteiger partial charge < -0.3 is 4.90 Å². The largest absolute Gasteiger partial charge is 0.308 e. The Morgan fingerprint density at radius 1 is 1.52 bits per heavy atom. The number of carbonyl (C=O) groups is 1. The predicted octanol–water partition coefficient (Wildman–Crippen LogP) is 2.82. The number of rotatable bonds is 4. The molecule has 0 atom stereocenters. The summed E-state index contributed by atoms with van der Waals surface area (Å²) >= 11 is 6.14. The highest BCUT2D eigenvalue weighted by atomic mass is 35.5. The van der Waals surface area contributed by atoms with Crippen LogP contribution in [-0.4, -0.2) is 27.2 Å². The SMILES string of the molecule is CCN(C(=O)C1CC1)c1cn(-c2cncc(F)c2)nc1Cl. The predicted molar refractivity (Wildman–Crippen MR) is 77.1 cm³/mol. The maximum absolute atomic E-state index is 13.2. The summed E-state index contributed by atoms with van der Waals surface area (Å²) in [6, 6.07) is 1.30. The zero-order valence-corrected chi connectivity index (χ0v) is 12.2. The highest BCUT2D eigenvalue weighted by Gasteiger charge is 2.34. The van der Waals surface area contributed by atoms with Gasteiger partial charge in [0.25, 0.3) is 0 Å². The molecule has 1 aliphatic rings. The average Bonchev–Trinajstić information content (AvgIpc) is 3.24. The number of anilines is 1. The van der Waals surface area contributed by atoms with Crippen LogP contribution < -0.4 is 4.90 Å². The Bertz CT molecular complexity index is 683. The molecule has 7 heteroatoms. The number of amides is 1. The summed E-state index contributed by atoms with van der Waals surface area (Å²) in [5.74, 6) is -0.293. The van der Waals surface area contributed by atoms with Crippen LogP contribution in [0.15, 0.2) is 24.7 Å².